The molecule has 8 rings (SSSR count). The number of carbonyl (C=O) groups excluding carboxylic acids is 6. The molecular formula is C58H66F6N9O8+. The summed E-state index contributed by atoms with van der Waals surface area (Å²) in [5, 5.41) is 0. The minimum atomic E-state index is -4.78. The second kappa shape index (κ2) is 22.1. The summed E-state index contributed by atoms with van der Waals surface area (Å²) in [6.07, 6.45) is -8.76. The predicted molar refractivity (Wildman–Crippen MR) is 289 cm³/mol. The third-order valence-corrected chi connectivity index (χ3v) is 14.1. The van der Waals surface area contributed by atoms with Gasteiger partial charge in [-0.25, -0.2) is 9.59 Å². The second-order valence-electron chi connectivity index (χ2n) is 23.2. The van der Waals surface area contributed by atoms with E-state index < -0.39 is 95.7 Å². The Bertz CT molecular complexity index is 2970. The van der Waals surface area contributed by atoms with Crippen molar-refractivity contribution in [1.29, 1.82) is 0 Å². The number of hydrogen-bond acceptors (Lipinski definition) is 10. The van der Waals surface area contributed by atoms with Crippen molar-refractivity contribution in [3.8, 4) is 0 Å². The van der Waals surface area contributed by atoms with Crippen molar-refractivity contribution in [2.45, 2.75) is 90.0 Å². The van der Waals surface area contributed by atoms with Crippen LogP contribution in [0.3, 0.4) is 0 Å². The largest absolute Gasteiger partial charge is 0.459 e. The van der Waals surface area contributed by atoms with Crippen molar-refractivity contribution in [1.82, 2.24) is 19.6 Å². The molecule has 0 aliphatic carbocycles. The first kappa shape index (κ1) is 59.1. The van der Waals surface area contributed by atoms with Crippen molar-refractivity contribution in [3.63, 3.8) is 0 Å². The summed E-state index contributed by atoms with van der Waals surface area (Å²) in [5.41, 5.74) is 9.81. The average Bonchev–Trinajstić information content (AvgIpc) is 4.13. The number of quaternary nitrogens is 1. The third-order valence-electron chi connectivity index (χ3n) is 14.1. The van der Waals surface area contributed by atoms with Crippen LogP contribution in [0.2, 0.25) is 0 Å². The highest BCUT2D eigenvalue weighted by molar-refractivity contribution is 6.09. The van der Waals surface area contributed by atoms with Crippen LogP contribution in [0.5, 0.6) is 0 Å². The van der Waals surface area contributed by atoms with E-state index in [2.05, 4.69) is 0 Å². The summed E-state index contributed by atoms with van der Waals surface area (Å²) in [4.78, 5) is 93.7. The molecule has 23 heteroatoms. The molecule has 0 radical (unpaired) electrons. The average molecular weight is 1130 g/mol. The number of alkyl halides is 6. The number of ether oxygens (including phenoxy) is 2. The third kappa shape index (κ3) is 13.1. The minimum Gasteiger partial charge on any atom is -0.459 e. The number of nitrogens with two attached hydrogens (primary N) is 2. The summed E-state index contributed by atoms with van der Waals surface area (Å²) >= 11 is 0. The second-order valence-corrected chi connectivity index (χ2v) is 23.2. The number of urea groups is 2. The lowest BCUT2D eigenvalue weighted by atomic mass is 9.93. The first-order chi connectivity index (χ1) is 37.7. The predicted octanol–water partition coefficient (Wildman–Crippen LogP) is 9.29. The van der Waals surface area contributed by atoms with Crippen LogP contribution >= 0.6 is 0 Å². The Labute approximate surface area is 465 Å². The summed E-state index contributed by atoms with van der Waals surface area (Å²) in [6, 6.07) is 17.1. The Hall–Kier alpha value is -8.08. The van der Waals surface area contributed by atoms with E-state index in [1.165, 1.54) is 21.9 Å². The SMILES string of the molecule is CC(C)(C)OC(=O)CN1C(=O)N(c2cccc(C(F)(F)F)c2)C2=C(C(=O)N(CCC[N+](C)(C)CCCN3CC4=C(C3=O)[C@@H](c3ccc(N)cc3)N(CC(=O)OC(C)(C)C)C(=O)N4c3cccc(C(F)(F)F)c3)C2)[C@H]1c1ccc(N)cc1. The molecule has 2 atom stereocenters. The van der Waals surface area contributed by atoms with Gasteiger partial charge in [0.25, 0.3) is 11.8 Å². The number of nitrogens with zero attached hydrogens (tertiary/aromatic N) is 7. The fourth-order valence-electron chi connectivity index (χ4n) is 10.6. The van der Waals surface area contributed by atoms with Gasteiger partial charge in [-0.05, 0) is 113 Å². The van der Waals surface area contributed by atoms with E-state index in [-0.39, 0.29) is 60.1 Å². The van der Waals surface area contributed by atoms with Gasteiger partial charge in [0, 0.05) is 37.3 Å². The van der Waals surface area contributed by atoms with Crippen molar-refractivity contribution in [2.24, 2.45) is 0 Å². The van der Waals surface area contributed by atoms with Crippen LogP contribution in [0.25, 0.3) is 0 Å². The fraction of sp³-hybridized carbons (Fsp3) is 0.414. The maximum Gasteiger partial charge on any atom is 0.416 e. The normalized spacial score (nSPS) is 18.3. The van der Waals surface area contributed by atoms with Gasteiger partial charge in [0.2, 0.25) is 0 Å². The Morgan fingerprint density at radius 3 is 1.22 bits per heavy atom. The molecule has 4 heterocycles. The van der Waals surface area contributed by atoms with Gasteiger partial charge in [-0.3, -0.25) is 29.0 Å². The molecule has 4 N–H and O–H groups in total. The molecule has 6 amide bonds. The van der Waals surface area contributed by atoms with Gasteiger partial charge in [0.15, 0.2) is 0 Å². The summed E-state index contributed by atoms with van der Waals surface area (Å²) in [6.45, 7) is 9.46. The Morgan fingerprint density at radius 1 is 0.556 bits per heavy atom. The fourth-order valence-corrected chi connectivity index (χ4v) is 10.6. The molecule has 81 heavy (non-hydrogen) atoms. The van der Waals surface area contributed by atoms with Crippen LogP contribution in [0.15, 0.2) is 120 Å². The number of anilines is 4. The van der Waals surface area contributed by atoms with Crippen molar-refractivity contribution < 1.29 is 69.1 Å². The maximum atomic E-state index is 14.9. The van der Waals surface area contributed by atoms with Gasteiger partial charge in [-0.1, -0.05) is 36.4 Å². The molecule has 17 nitrogen and oxygen atoms in total. The van der Waals surface area contributed by atoms with E-state index >= 15 is 0 Å². The van der Waals surface area contributed by atoms with Gasteiger partial charge in [-0.15, -0.1) is 0 Å². The summed E-state index contributed by atoms with van der Waals surface area (Å²) in [7, 11) is 3.90. The van der Waals surface area contributed by atoms with Gasteiger partial charge < -0.3 is 45.0 Å². The van der Waals surface area contributed by atoms with Crippen LogP contribution in [0.1, 0.15) is 88.7 Å². The molecule has 0 saturated carbocycles. The van der Waals surface area contributed by atoms with E-state index in [0.717, 1.165) is 56.0 Å². The van der Waals surface area contributed by atoms with Crippen LogP contribution in [-0.2, 0) is 41.0 Å². The Morgan fingerprint density at radius 2 is 0.901 bits per heavy atom. The summed E-state index contributed by atoms with van der Waals surface area (Å²) < 4.78 is 96.6. The first-order valence-corrected chi connectivity index (χ1v) is 26.3. The van der Waals surface area contributed by atoms with E-state index in [0.29, 0.717) is 52.9 Å². The zero-order valence-corrected chi connectivity index (χ0v) is 46.3. The highest BCUT2D eigenvalue weighted by Gasteiger charge is 2.52. The Balaban J connectivity index is 1.02. The molecule has 4 aromatic rings. The van der Waals surface area contributed by atoms with Crippen molar-refractivity contribution in [2.75, 3.05) is 87.7 Å². The van der Waals surface area contributed by atoms with Crippen LogP contribution in [0, 0.1) is 0 Å². The number of esters is 2. The minimum absolute atomic E-state index is 0.0839. The van der Waals surface area contributed by atoms with Gasteiger partial charge >= 0.3 is 36.4 Å². The standard InChI is InChI=1S/C58H66F6N9O8/c1-55(2,3)80-45(74)33-69-49(35-17-21-39(65)22-18-35)47-43(71(53(69)78)41-15-9-13-37(29-41)57(59,60)61)31-67(51(47)76)25-11-27-73(7,8)28-12-26-68-32-44-48(52(68)77)50(36-19-23-40(66)24-20-36)70(34-46(75)81-56(4,5)6)54(79)72(44)42-16-10-14-38(30-42)58(62,63)64/h9-10,13-24,29-30,49-50H,11-12,25-28,31-34,65-66H2,1-8H3/q+1/t49-,50-/m1/s1. The molecule has 0 spiro atoms. The maximum absolute atomic E-state index is 14.9. The molecule has 432 valence electrons. The van der Waals surface area contributed by atoms with Crippen LogP contribution < -0.4 is 21.3 Å². The molecule has 0 fully saturated rings. The monoisotopic (exact) mass is 1130 g/mol. The zero-order chi connectivity index (χ0) is 59.3. The van der Waals surface area contributed by atoms with Gasteiger partial charge in [0.1, 0.15) is 24.3 Å². The first-order valence-electron chi connectivity index (χ1n) is 26.3. The molecule has 4 aromatic carbocycles. The number of rotatable bonds is 16. The lowest BCUT2D eigenvalue weighted by Crippen LogP contribution is -2.52. The van der Waals surface area contributed by atoms with E-state index in [1.807, 2.05) is 14.1 Å². The quantitative estimate of drug-likeness (QED) is 0.0473. The molecule has 0 aromatic heterocycles. The van der Waals surface area contributed by atoms with E-state index in [9.17, 15) is 55.1 Å². The lowest BCUT2D eigenvalue weighted by Gasteiger charge is -2.41. The highest BCUT2D eigenvalue weighted by Crippen LogP contribution is 2.47. The topological polar surface area (TPSA) is 192 Å². The lowest BCUT2D eigenvalue weighted by molar-refractivity contribution is -0.890. The molecule has 0 bridgehead atoms. The van der Waals surface area contributed by atoms with E-state index in [4.69, 9.17) is 20.9 Å². The van der Waals surface area contributed by atoms with E-state index in [1.54, 1.807) is 90.1 Å². The van der Waals surface area contributed by atoms with Crippen LogP contribution in [-0.4, -0.2) is 138 Å². The molecule has 4 aliphatic heterocycles. The van der Waals surface area contributed by atoms with Gasteiger partial charge in [0.05, 0.1) is 97.4 Å². The number of halogens is 6. The number of hydrogen-bond donors (Lipinski definition) is 2. The van der Waals surface area contributed by atoms with Gasteiger partial charge in [-0.2, -0.15) is 26.3 Å². The molecular weight excluding hydrogens is 1060 g/mol. The smallest absolute Gasteiger partial charge is 0.416 e. The Kier molecular flexibility index (Phi) is 16.1. The zero-order valence-electron chi connectivity index (χ0n) is 46.3. The van der Waals surface area contributed by atoms with Crippen LogP contribution in [0.4, 0.5) is 58.7 Å². The van der Waals surface area contributed by atoms with Crippen molar-refractivity contribution >= 4 is 58.6 Å². The van der Waals surface area contributed by atoms with Crippen molar-refractivity contribution in [3.05, 3.63) is 142 Å². The molecule has 0 saturated heterocycles. The number of nitrogen functional groups attached to an aromatic ring is 2. The molecule has 4 aliphatic rings. The summed E-state index contributed by atoms with van der Waals surface area (Å²) in [5.74, 6) is -2.62. The number of amides is 6. The highest BCUT2D eigenvalue weighted by atomic mass is 19.4. The number of benzene rings is 4. The molecule has 0 unspecified atom stereocenters. The number of carbonyl (C=O) groups is 6.